The van der Waals surface area contributed by atoms with Crippen LogP contribution >= 0.6 is 0 Å². The third-order valence-electron chi connectivity index (χ3n) is 12.4. The smallest absolute Gasteiger partial charge is 0.407 e. The molecule has 422 valence electrons. The Morgan fingerprint density at radius 2 is 1.04 bits per heavy atom. The van der Waals surface area contributed by atoms with E-state index in [0.29, 0.717) is 36.2 Å². The maximum Gasteiger partial charge on any atom is 0.407 e. The second kappa shape index (κ2) is 32.0. The number of hydrogen-bond donors (Lipinski definition) is 12. The van der Waals surface area contributed by atoms with E-state index in [1.54, 1.807) is 62.4 Å². The van der Waals surface area contributed by atoms with Gasteiger partial charge in [-0.3, -0.25) is 19.2 Å². The molecule has 0 bridgehead atoms. The largest absolute Gasteiger partial charge is 0.449 e. The number of nitrogens with two attached hydrogens (primary N) is 3. The predicted molar refractivity (Wildman–Crippen MR) is 300 cm³/mol. The number of benzene rings is 4. The van der Waals surface area contributed by atoms with Crippen LogP contribution in [0.15, 0.2) is 97.1 Å². The van der Waals surface area contributed by atoms with Gasteiger partial charge in [0.1, 0.15) is 24.7 Å². The van der Waals surface area contributed by atoms with Crippen molar-refractivity contribution in [2.75, 3.05) is 43.5 Å². The highest BCUT2D eigenvalue weighted by Gasteiger charge is 2.32. The molecule has 4 atom stereocenters. The normalized spacial score (nSPS) is 13.9. The molecule has 9 amide bonds. The number of ether oxygens (including phenoxy) is 2. The fourth-order valence-electron chi connectivity index (χ4n) is 8.06. The van der Waals surface area contributed by atoms with Crippen molar-refractivity contribution >= 4 is 53.2 Å². The zero-order chi connectivity index (χ0) is 55.6. The van der Waals surface area contributed by atoms with Crippen molar-refractivity contribution in [2.24, 2.45) is 29.0 Å². The van der Waals surface area contributed by atoms with Gasteiger partial charge in [-0.05, 0) is 108 Å². The minimum absolute atomic E-state index is 0. The number of amides is 9. The van der Waals surface area contributed by atoms with Crippen LogP contribution in [0.3, 0.4) is 0 Å². The summed E-state index contributed by atoms with van der Waals surface area (Å²) in [4.78, 5) is 86.2. The summed E-state index contributed by atoms with van der Waals surface area (Å²) in [7, 11) is 0. The average molecular weight is 1060 g/mol. The molecular formula is C55H86N10O11. The molecule has 0 unspecified atom stereocenters. The van der Waals surface area contributed by atoms with E-state index < -0.39 is 66.0 Å². The standard InChI is InChI=1S/C33H39N5O6.C18H29N5O4.C4H8O.5H2/c1-20(2)29(38-33(43)44-19-27-25-10-5-3-8-23(25)24-9-4-6-11-26(24)27)31(41)37-28(12-7-17-35-32(34)42)30(40)36-22-15-13-21(18-39)14-16-22;1-11(2)15(19)17(26)23-14(4-3-9-21-18(20)27)16(25)22-13-7-5-12(10-24)6-8-13;1-2-4-5-3-1;;;;;/h3-6,8-11,13-16,20,27-29,39H,7,12,17-19H2,1-2H3,(H,36,40)(H,37,41)(H,38,43)(H3,34,35,42);5-8,11,14-15,24H,3-4,9-10,19H2,1-2H3,(H,22,25)(H,23,26)(H3,20,21,27);1-4H2;5*1H/t28-,29-;14-,15-;;;;;;/m00....../s1. The Morgan fingerprint density at radius 3 is 1.42 bits per heavy atom. The van der Waals surface area contributed by atoms with Crippen LogP contribution in [0.2, 0.25) is 0 Å². The Labute approximate surface area is 451 Å². The van der Waals surface area contributed by atoms with E-state index >= 15 is 0 Å². The number of urea groups is 2. The predicted octanol–water partition coefficient (Wildman–Crippen LogP) is 5.67. The molecule has 2 aliphatic rings. The molecule has 4 aromatic carbocycles. The Kier molecular flexibility index (Phi) is 25.7. The minimum atomic E-state index is -0.978. The molecule has 1 heterocycles. The van der Waals surface area contributed by atoms with Crippen LogP contribution in [0.5, 0.6) is 0 Å². The van der Waals surface area contributed by atoms with Gasteiger partial charge in [0.2, 0.25) is 23.6 Å². The summed E-state index contributed by atoms with van der Waals surface area (Å²) in [5, 5.41) is 36.8. The summed E-state index contributed by atoms with van der Waals surface area (Å²) < 4.78 is 10.6. The highest BCUT2D eigenvalue weighted by molar-refractivity contribution is 5.99. The van der Waals surface area contributed by atoms with Crippen molar-refractivity contribution < 1.29 is 60.4 Å². The number of anilines is 2. The molecule has 1 aliphatic carbocycles. The molecule has 1 saturated heterocycles. The Hall–Kier alpha value is -7.59. The monoisotopic (exact) mass is 1060 g/mol. The zero-order valence-electron chi connectivity index (χ0n) is 43.8. The van der Waals surface area contributed by atoms with Crippen molar-refractivity contribution in [1.82, 2.24) is 26.6 Å². The van der Waals surface area contributed by atoms with Gasteiger partial charge < -0.3 is 74.1 Å². The summed E-state index contributed by atoms with van der Waals surface area (Å²) in [6.07, 6.45) is 3.12. The molecule has 6 rings (SSSR count). The van der Waals surface area contributed by atoms with Gasteiger partial charge in [-0.1, -0.05) is 100 Å². The molecular weight excluding hydrogens is 977 g/mol. The lowest BCUT2D eigenvalue weighted by molar-refractivity contribution is -0.128. The number of carbonyl (C=O) groups excluding carboxylic acids is 7. The van der Waals surface area contributed by atoms with E-state index in [0.717, 1.165) is 41.0 Å². The maximum absolute atomic E-state index is 13.4. The SMILES string of the molecule is C1CCOC1.CC(C)[C@H](N)C(=O)N[C@@H](CCCNC(N)=O)C(=O)Nc1ccc(CO)cc1.CC(C)[C@H](NC(=O)OCC1c2ccccc2-c2ccccc21)C(=O)N[C@@H](CCCNC(N)=O)C(=O)Nc1ccc(CO)cc1.[HH].[HH].[HH].[HH].[HH]. The van der Waals surface area contributed by atoms with E-state index in [1.165, 1.54) is 12.8 Å². The van der Waals surface area contributed by atoms with Crippen molar-refractivity contribution in [3.8, 4) is 11.1 Å². The second-order valence-corrected chi connectivity index (χ2v) is 19.0. The van der Waals surface area contributed by atoms with Crippen LogP contribution in [0.4, 0.5) is 25.8 Å². The molecule has 0 saturated carbocycles. The number of primary amides is 2. The van der Waals surface area contributed by atoms with E-state index in [9.17, 15) is 38.7 Å². The fourth-order valence-corrected chi connectivity index (χ4v) is 8.06. The number of alkyl carbamates (subject to hydrolysis) is 1. The quantitative estimate of drug-likeness (QED) is 0.0400. The minimum Gasteiger partial charge on any atom is -0.449 e. The molecule has 0 aromatic heterocycles. The summed E-state index contributed by atoms with van der Waals surface area (Å²) in [6.45, 7) is 9.57. The highest BCUT2D eigenvalue weighted by Crippen LogP contribution is 2.44. The van der Waals surface area contributed by atoms with Gasteiger partial charge in [0.15, 0.2) is 0 Å². The fraction of sp³-hybridized carbons (Fsp3) is 0.436. The summed E-state index contributed by atoms with van der Waals surface area (Å²) >= 11 is 0. The molecule has 0 radical (unpaired) electrons. The molecule has 21 heteroatoms. The number of aliphatic hydroxyl groups is 2. The number of nitrogens with one attached hydrogen (secondary N) is 7. The van der Waals surface area contributed by atoms with Crippen LogP contribution in [-0.4, -0.2) is 109 Å². The summed E-state index contributed by atoms with van der Waals surface area (Å²) in [6, 6.07) is 24.5. The third-order valence-corrected chi connectivity index (χ3v) is 12.4. The van der Waals surface area contributed by atoms with Gasteiger partial charge in [0, 0.05) is 50.7 Å². The number of hydrogen-bond acceptors (Lipinski definition) is 12. The average Bonchev–Trinajstić information content (AvgIpc) is 4.10. The van der Waals surface area contributed by atoms with Gasteiger partial charge in [-0.2, -0.15) is 0 Å². The number of carbonyl (C=O) groups is 7. The molecule has 21 nitrogen and oxygen atoms in total. The lowest BCUT2D eigenvalue weighted by Gasteiger charge is -2.25. The van der Waals surface area contributed by atoms with Crippen LogP contribution in [0.25, 0.3) is 11.1 Å². The van der Waals surface area contributed by atoms with Crippen LogP contribution in [-0.2, 0) is 41.9 Å². The van der Waals surface area contributed by atoms with Gasteiger partial charge in [-0.25, -0.2) is 14.4 Å². The van der Waals surface area contributed by atoms with Crippen molar-refractivity contribution in [3.63, 3.8) is 0 Å². The number of fused-ring (bicyclic) bond motifs is 3. The van der Waals surface area contributed by atoms with E-state index in [1.807, 2.05) is 62.4 Å². The van der Waals surface area contributed by atoms with Gasteiger partial charge in [0.05, 0.1) is 19.3 Å². The van der Waals surface area contributed by atoms with E-state index in [2.05, 4.69) is 37.2 Å². The van der Waals surface area contributed by atoms with Crippen molar-refractivity contribution in [2.45, 2.75) is 110 Å². The molecule has 0 spiro atoms. The number of aliphatic hydroxyl groups excluding tert-OH is 2. The molecule has 1 fully saturated rings. The maximum atomic E-state index is 13.4. The molecule has 15 N–H and O–H groups in total. The van der Waals surface area contributed by atoms with Crippen molar-refractivity contribution in [1.29, 1.82) is 0 Å². The summed E-state index contributed by atoms with van der Waals surface area (Å²) in [5.74, 6) is -2.35. The Bertz CT molecular complexity index is 2480. The Balaban J connectivity index is 0. The first-order valence-electron chi connectivity index (χ1n) is 25.6. The summed E-state index contributed by atoms with van der Waals surface area (Å²) in [5.41, 5.74) is 22.8. The lowest BCUT2D eigenvalue weighted by atomic mass is 9.98. The highest BCUT2D eigenvalue weighted by atomic mass is 16.5. The first kappa shape index (κ1) is 61.0. The van der Waals surface area contributed by atoms with Crippen molar-refractivity contribution in [3.05, 3.63) is 119 Å². The van der Waals surface area contributed by atoms with Crippen LogP contribution < -0.4 is 54.4 Å². The van der Waals surface area contributed by atoms with Crippen LogP contribution in [0.1, 0.15) is 102 Å². The molecule has 4 aromatic rings. The third kappa shape index (κ3) is 20.3. The molecule has 1 aliphatic heterocycles. The first-order valence-corrected chi connectivity index (χ1v) is 25.6. The zero-order valence-corrected chi connectivity index (χ0v) is 43.8. The van der Waals surface area contributed by atoms with E-state index in [4.69, 9.17) is 31.8 Å². The second-order valence-electron chi connectivity index (χ2n) is 19.0. The van der Waals surface area contributed by atoms with Gasteiger partial charge >= 0.3 is 18.2 Å². The van der Waals surface area contributed by atoms with Gasteiger partial charge in [0.25, 0.3) is 0 Å². The van der Waals surface area contributed by atoms with Crippen LogP contribution in [0, 0.1) is 11.8 Å². The molecule has 76 heavy (non-hydrogen) atoms. The first-order chi connectivity index (χ1) is 36.4. The lowest BCUT2D eigenvalue weighted by Crippen LogP contribution is -2.54. The van der Waals surface area contributed by atoms with E-state index in [-0.39, 0.29) is 64.2 Å². The Morgan fingerprint density at radius 1 is 0.605 bits per heavy atom. The van der Waals surface area contributed by atoms with Gasteiger partial charge in [-0.15, -0.1) is 0 Å². The topological polar surface area (TPSA) is 341 Å². The number of rotatable bonds is 23.